The van der Waals surface area contributed by atoms with Gasteiger partial charge in [-0.25, -0.2) is 9.97 Å². The van der Waals surface area contributed by atoms with E-state index >= 15 is 0 Å². The molecule has 0 fully saturated rings. The molecule has 0 saturated carbocycles. The second-order valence-corrected chi connectivity index (χ2v) is 8.64. The van der Waals surface area contributed by atoms with E-state index in [0.717, 1.165) is 5.56 Å². The number of rotatable bonds is 4. The third kappa shape index (κ3) is 4.37. The number of anilines is 2. The molecule has 32 heavy (non-hydrogen) atoms. The zero-order valence-corrected chi connectivity index (χ0v) is 18.5. The Labute approximate surface area is 186 Å². The molecule has 0 aliphatic rings. The molecular weight excluding hydrogens is 402 g/mol. The van der Waals surface area contributed by atoms with Crippen LogP contribution in [0.4, 0.5) is 11.6 Å². The summed E-state index contributed by atoms with van der Waals surface area (Å²) in [5.74, 6) is 0.390. The first-order valence-corrected chi connectivity index (χ1v) is 10.4. The van der Waals surface area contributed by atoms with Gasteiger partial charge in [0.2, 0.25) is 0 Å². The highest BCUT2D eigenvalue weighted by Crippen LogP contribution is 2.28. The van der Waals surface area contributed by atoms with E-state index in [0.29, 0.717) is 33.8 Å². The van der Waals surface area contributed by atoms with E-state index in [1.807, 2.05) is 56.5 Å². The zero-order chi connectivity index (χ0) is 22.9. The molecule has 0 aliphatic carbocycles. The molecule has 3 heterocycles. The summed E-state index contributed by atoms with van der Waals surface area (Å²) in [6, 6.07) is 16.2. The summed E-state index contributed by atoms with van der Waals surface area (Å²) < 4.78 is 1.94. The smallest absolute Gasteiger partial charge is 0.259 e. The quantitative estimate of drug-likeness (QED) is 0.480. The molecule has 2 amide bonds. The summed E-state index contributed by atoms with van der Waals surface area (Å²) >= 11 is 0. The number of nitrogens with one attached hydrogen (secondary N) is 2. The molecule has 7 heteroatoms. The van der Waals surface area contributed by atoms with Gasteiger partial charge in [-0.3, -0.25) is 9.59 Å². The van der Waals surface area contributed by atoms with E-state index in [2.05, 4.69) is 20.6 Å². The number of carbonyl (C=O) groups is 2. The van der Waals surface area contributed by atoms with Gasteiger partial charge in [0.25, 0.3) is 11.8 Å². The fraction of sp³-hybridized carbons (Fsp3) is 0.200. The van der Waals surface area contributed by atoms with Crippen molar-refractivity contribution in [2.24, 2.45) is 0 Å². The molecule has 4 aromatic rings. The van der Waals surface area contributed by atoms with Crippen LogP contribution in [0.25, 0.3) is 11.0 Å². The van der Waals surface area contributed by atoms with Crippen molar-refractivity contribution in [3.63, 3.8) is 0 Å². The van der Waals surface area contributed by atoms with Crippen molar-refractivity contribution in [2.45, 2.75) is 33.2 Å². The lowest BCUT2D eigenvalue weighted by atomic mass is 10.1. The molecule has 0 atom stereocenters. The minimum Gasteiger partial charge on any atom is -0.326 e. The Kier molecular flexibility index (Phi) is 5.48. The minimum atomic E-state index is -0.325. The number of fused-ring (bicyclic) bond motifs is 1. The number of amides is 2. The molecule has 0 bridgehead atoms. The fourth-order valence-electron chi connectivity index (χ4n) is 3.38. The number of carbonyl (C=O) groups excluding carboxylic acids is 2. The molecule has 7 nitrogen and oxygen atoms in total. The Morgan fingerprint density at radius 1 is 0.875 bits per heavy atom. The first-order chi connectivity index (χ1) is 15.2. The maximum atomic E-state index is 13.0. The summed E-state index contributed by atoms with van der Waals surface area (Å²) in [5, 5.41) is 6.38. The van der Waals surface area contributed by atoms with Gasteiger partial charge in [-0.1, -0.05) is 23.8 Å². The van der Waals surface area contributed by atoms with Crippen LogP contribution < -0.4 is 10.6 Å². The predicted octanol–water partition coefficient (Wildman–Crippen LogP) is 5.00. The van der Waals surface area contributed by atoms with Crippen LogP contribution in [0.5, 0.6) is 0 Å². The van der Waals surface area contributed by atoms with E-state index < -0.39 is 0 Å². The van der Waals surface area contributed by atoms with Crippen LogP contribution in [0.3, 0.4) is 0 Å². The average molecular weight is 428 g/mol. The summed E-state index contributed by atoms with van der Waals surface area (Å²) in [4.78, 5) is 34.4. The van der Waals surface area contributed by atoms with Crippen molar-refractivity contribution in [3.8, 4) is 0 Å². The Bertz CT molecular complexity index is 1290. The summed E-state index contributed by atoms with van der Waals surface area (Å²) in [5.41, 5.74) is 2.42. The predicted molar refractivity (Wildman–Crippen MR) is 126 cm³/mol. The maximum absolute atomic E-state index is 13.0. The molecule has 1 aromatic carbocycles. The topological polar surface area (TPSA) is 88.9 Å². The van der Waals surface area contributed by atoms with Gasteiger partial charge in [-0.2, -0.15) is 0 Å². The number of aryl methyl sites for hydroxylation is 1. The highest BCUT2D eigenvalue weighted by Gasteiger charge is 2.23. The van der Waals surface area contributed by atoms with E-state index in [-0.39, 0.29) is 17.4 Å². The summed E-state index contributed by atoms with van der Waals surface area (Å²) in [6.45, 7) is 8.07. The highest BCUT2D eigenvalue weighted by molar-refractivity contribution is 6.12. The minimum absolute atomic E-state index is 0.237. The normalized spacial score (nSPS) is 11.4. The van der Waals surface area contributed by atoms with Crippen LogP contribution in [0.15, 0.2) is 67.0 Å². The van der Waals surface area contributed by atoms with Crippen molar-refractivity contribution in [3.05, 3.63) is 83.7 Å². The Morgan fingerprint density at radius 3 is 2.25 bits per heavy atom. The van der Waals surface area contributed by atoms with Crippen molar-refractivity contribution in [1.82, 2.24) is 14.5 Å². The number of benzene rings is 1. The average Bonchev–Trinajstić information content (AvgIpc) is 3.14. The second-order valence-electron chi connectivity index (χ2n) is 8.64. The first-order valence-electron chi connectivity index (χ1n) is 10.4. The number of pyridine rings is 2. The van der Waals surface area contributed by atoms with Crippen LogP contribution >= 0.6 is 0 Å². The first kappa shape index (κ1) is 21.2. The van der Waals surface area contributed by atoms with Gasteiger partial charge in [0.1, 0.15) is 17.3 Å². The largest absolute Gasteiger partial charge is 0.326 e. The number of nitrogens with zero attached hydrogens (tertiary/aromatic N) is 3. The van der Waals surface area contributed by atoms with E-state index in [1.54, 1.807) is 42.7 Å². The molecule has 0 radical (unpaired) electrons. The Morgan fingerprint density at radius 2 is 1.59 bits per heavy atom. The van der Waals surface area contributed by atoms with E-state index in [9.17, 15) is 9.59 Å². The van der Waals surface area contributed by atoms with E-state index in [1.165, 1.54) is 0 Å². The summed E-state index contributed by atoms with van der Waals surface area (Å²) in [6.07, 6.45) is 3.42. The van der Waals surface area contributed by atoms with Crippen molar-refractivity contribution >= 4 is 34.5 Å². The zero-order valence-electron chi connectivity index (χ0n) is 18.5. The molecule has 0 spiro atoms. The third-order valence-electron chi connectivity index (χ3n) is 5.08. The van der Waals surface area contributed by atoms with Gasteiger partial charge in [-0.05, 0) is 64.1 Å². The van der Waals surface area contributed by atoms with Gasteiger partial charge in [-0.15, -0.1) is 0 Å². The maximum Gasteiger partial charge on any atom is 0.259 e. The number of hydrogen-bond donors (Lipinski definition) is 2. The number of aromatic nitrogens is 3. The summed E-state index contributed by atoms with van der Waals surface area (Å²) in [7, 11) is 0. The molecule has 0 unspecified atom stereocenters. The van der Waals surface area contributed by atoms with Crippen LogP contribution in [-0.2, 0) is 5.54 Å². The Balaban J connectivity index is 1.69. The standard InChI is InChI=1S/C25H25N5O2/c1-16-8-10-17(11-9-16)23(31)29-21-13-12-18-19(15-30(22(18)27-21)25(2,3)4)24(32)28-20-7-5-6-14-26-20/h5-15H,1-4H3,(H,26,28,32)(H,27,29,31). The molecule has 162 valence electrons. The SMILES string of the molecule is Cc1ccc(C(=O)Nc2ccc3c(C(=O)Nc4ccccn4)cn(C(C)(C)C)c3n2)cc1. The van der Waals surface area contributed by atoms with Crippen LogP contribution in [-0.4, -0.2) is 26.3 Å². The molecular formula is C25H25N5O2. The number of hydrogen-bond acceptors (Lipinski definition) is 4. The third-order valence-corrected chi connectivity index (χ3v) is 5.08. The highest BCUT2D eigenvalue weighted by atomic mass is 16.2. The molecule has 0 saturated heterocycles. The van der Waals surface area contributed by atoms with Gasteiger partial charge in [0.05, 0.1) is 5.56 Å². The van der Waals surface area contributed by atoms with Crippen LogP contribution in [0, 0.1) is 6.92 Å². The molecule has 2 N–H and O–H groups in total. The monoisotopic (exact) mass is 427 g/mol. The van der Waals surface area contributed by atoms with E-state index in [4.69, 9.17) is 0 Å². The lowest BCUT2D eigenvalue weighted by molar-refractivity contribution is 0.101. The van der Waals surface area contributed by atoms with Gasteiger partial charge in [0, 0.05) is 28.9 Å². The van der Waals surface area contributed by atoms with Crippen molar-refractivity contribution < 1.29 is 9.59 Å². The van der Waals surface area contributed by atoms with Crippen LogP contribution in [0.2, 0.25) is 0 Å². The second kappa shape index (κ2) is 8.26. The molecule has 3 aromatic heterocycles. The van der Waals surface area contributed by atoms with Gasteiger partial charge < -0.3 is 15.2 Å². The lowest BCUT2D eigenvalue weighted by Gasteiger charge is -2.22. The lowest BCUT2D eigenvalue weighted by Crippen LogP contribution is -2.21. The molecule has 4 rings (SSSR count). The van der Waals surface area contributed by atoms with Gasteiger partial charge in [0.15, 0.2) is 0 Å². The van der Waals surface area contributed by atoms with Crippen molar-refractivity contribution in [2.75, 3.05) is 10.6 Å². The fourth-order valence-corrected chi connectivity index (χ4v) is 3.38. The Hall–Kier alpha value is -4.00. The van der Waals surface area contributed by atoms with Crippen molar-refractivity contribution in [1.29, 1.82) is 0 Å². The van der Waals surface area contributed by atoms with Gasteiger partial charge >= 0.3 is 0 Å². The molecule has 0 aliphatic heterocycles. The van der Waals surface area contributed by atoms with Crippen LogP contribution in [0.1, 0.15) is 47.1 Å².